The number of carbonyl (C=O) groups excluding carboxylic acids is 3. The molecule has 2 fully saturated rings. The average molecular weight is 570 g/mol. The number of hydrogen-bond acceptors (Lipinski definition) is 12. The van der Waals surface area contributed by atoms with Crippen molar-refractivity contribution in [1.29, 1.82) is 0 Å². The number of rotatable bonds is 8. The van der Waals surface area contributed by atoms with Gasteiger partial charge in [0, 0.05) is 25.9 Å². The quantitative estimate of drug-likeness (QED) is 0.156. The number of nitrogens with zero attached hydrogens (tertiary/aromatic N) is 1. The van der Waals surface area contributed by atoms with Crippen molar-refractivity contribution in [3.05, 3.63) is 44.9 Å². The zero-order chi connectivity index (χ0) is 29.1. The number of aliphatic hydroxyl groups is 3. The number of aromatic amines is 1. The number of primary amides is 1. The van der Waals surface area contributed by atoms with Crippen LogP contribution in [-0.4, -0.2) is 105 Å². The van der Waals surface area contributed by atoms with Crippen molar-refractivity contribution in [3.8, 4) is 0 Å². The molecule has 1 aromatic rings. The van der Waals surface area contributed by atoms with Crippen LogP contribution in [-0.2, 0) is 33.3 Å². The number of carbonyl (C=O) groups is 3. The Labute approximate surface area is 225 Å². The number of aromatic nitrogens is 2. The summed E-state index contributed by atoms with van der Waals surface area (Å²) in [4.78, 5) is 63.2. The van der Waals surface area contributed by atoms with Gasteiger partial charge in [0.15, 0.2) is 18.1 Å². The smallest absolute Gasteiger partial charge is 0.330 e. The van der Waals surface area contributed by atoms with E-state index < -0.39 is 84.0 Å². The molecule has 4 rings (SSSR count). The van der Waals surface area contributed by atoms with Gasteiger partial charge in [0.25, 0.3) is 11.5 Å². The number of amides is 3. The van der Waals surface area contributed by atoms with E-state index in [0.29, 0.717) is 19.4 Å². The second kappa shape index (κ2) is 12.3. The van der Waals surface area contributed by atoms with Gasteiger partial charge in [-0.3, -0.25) is 28.7 Å². The number of methoxy groups -OCH3 is 1. The molecular formula is C23H31N5O12. The van der Waals surface area contributed by atoms with Crippen LogP contribution < -0.4 is 27.6 Å². The average Bonchev–Trinajstić information content (AvgIpc) is 3.08. The SMILES string of the molecule is CO[C@H]1[C@@H](O)[C@H](n2ccc(=O)[nH]c2=O)O[C@@H]1C(OC1OC(C(=O)NC2CCCCNC2=O)=CC(O)C1O)C(N)=O. The molecule has 9 atom stereocenters. The van der Waals surface area contributed by atoms with Gasteiger partial charge in [-0.15, -0.1) is 0 Å². The Morgan fingerprint density at radius 3 is 2.62 bits per heavy atom. The lowest BCUT2D eigenvalue weighted by Crippen LogP contribution is -2.54. The van der Waals surface area contributed by atoms with Gasteiger partial charge in [-0.25, -0.2) is 4.79 Å². The maximum atomic E-state index is 12.8. The van der Waals surface area contributed by atoms with E-state index in [1.165, 1.54) is 7.11 Å². The molecule has 0 spiro atoms. The van der Waals surface area contributed by atoms with Crippen LogP contribution >= 0.6 is 0 Å². The molecule has 4 heterocycles. The molecule has 40 heavy (non-hydrogen) atoms. The van der Waals surface area contributed by atoms with Crippen molar-refractivity contribution in [2.45, 2.75) is 74.4 Å². The second-order valence-electron chi connectivity index (χ2n) is 9.47. The maximum absolute atomic E-state index is 12.8. The molecule has 8 N–H and O–H groups in total. The van der Waals surface area contributed by atoms with E-state index in [4.69, 9.17) is 24.7 Å². The lowest BCUT2D eigenvalue weighted by molar-refractivity contribution is -0.241. The van der Waals surface area contributed by atoms with Crippen molar-refractivity contribution < 1.29 is 48.7 Å². The van der Waals surface area contributed by atoms with Crippen LogP contribution in [0.5, 0.6) is 0 Å². The van der Waals surface area contributed by atoms with Crippen molar-refractivity contribution in [2.75, 3.05) is 13.7 Å². The highest BCUT2D eigenvalue weighted by molar-refractivity contribution is 5.95. The summed E-state index contributed by atoms with van der Waals surface area (Å²) in [5.41, 5.74) is 3.91. The van der Waals surface area contributed by atoms with Gasteiger partial charge < -0.3 is 50.6 Å². The molecule has 0 aliphatic carbocycles. The number of nitrogens with one attached hydrogen (secondary N) is 3. The van der Waals surface area contributed by atoms with Crippen molar-refractivity contribution in [2.24, 2.45) is 5.73 Å². The molecule has 5 unspecified atom stereocenters. The molecular weight excluding hydrogens is 538 g/mol. The maximum Gasteiger partial charge on any atom is 0.330 e. The van der Waals surface area contributed by atoms with Crippen LogP contribution in [0.2, 0.25) is 0 Å². The minimum atomic E-state index is -1.84. The predicted octanol–water partition coefficient (Wildman–Crippen LogP) is -4.57. The molecule has 3 aliphatic rings. The minimum Gasteiger partial charge on any atom is -0.456 e. The van der Waals surface area contributed by atoms with Crippen molar-refractivity contribution in [3.63, 3.8) is 0 Å². The fraction of sp³-hybridized carbons (Fsp3) is 0.609. The zero-order valence-electron chi connectivity index (χ0n) is 21.3. The van der Waals surface area contributed by atoms with Crippen LogP contribution in [0.4, 0.5) is 0 Å². The lowest BCUT2D eigenvalue weighted by Gasteiger charge is -2.35. The Bertz CT molecular complexity index is 1260. The van der Waals surface area contributed by atoms with Crippen molar-refractivity contribution in [1.82, 2.24) is 20.2 Å². The summed E-state index contributed by atoms with van der Waals surface area (Å²) in [5.74, 6) is -2.91. The summed E-state index contributed by atoms with van der Waals surface area (Å²) in [6, 6.07) is 0.158. The number of aliphatic hydroxyl groups excluding tert-OH is 3. The number of hydrogen-bond donors (Lipinski definition) is 7. The van der Waals surface area contributed by atoms with Gasteiger partial charge in [-0.1, -0.05) is 0 Å². The Kier molecular flexibility index (Phi) is 9.02. The molecule has 3 aliphatic heterocycles. The van der Waals surface area contributed by atoms with Gasteiger partial charge in [-0.05, 0) is 25.3 Å². The molecule has 220 valence electrons. The predicted molar refractivity (Wildman–Crippen MR) is 130 cm³/mol. The highest BCUT2D eigenvalue weighted by atomic mass is 16.7. The summed E-state index contributed by atoms with van der Waals surface area (Å²) in [7, 11) is 1.19. The summed E-state index contributed by atoms with van der Waals surface area (Å²) in [6.07, 6.45) is -9.13. The van der Waals surface area contributed by atoms with Crippen LogP contribution in [0.25, 0.3) is 0 Å². The monoisotopic (exact) mass is 569 g/mol. The molecule has 0 bridgehead atoms. The third-order valence-corrected chi connectivity index (χ3v) is 6.76. The highest BCUT2D eigenvalue weighted by Gasteiger charge is 2.52. The Morgan fingerprint density at radius 2 is 1.95 bits per heavy atom. The summed E-state index contributed by atoms with van der Waals surface area (Å²) < 4.78 is 22.9. The molecule has 3 amide bonds. The molecule has 17 nitrogen and oxygen atoms in total. The van der Waals surface area contributed by atoms with E-state index in [1.807, 2.05) is 4.98 Å². The fourth-order valence-corrected chi connectivity index (χ4v) is 4.69. The number of H-pyrrole nitrogens is 1. The van der Waals surface area contributed by atoms with Gasteiger partial charge in [-0.2, -0.15) is 0 Å². The van der Waals surface area contributed by atoms with Gasteiger partial charge in [0.05, 0.1) is 0 Å². The van der Waals surface area contributed by atoms with Crippen LogP contribution in [0.1, 0.15) is 25.5 Å². The van der Waals surface area contributed by atoms with Crippen LogP contribution in [0.15, 0.2) is 33.7 Å². The van der Waals surface area contributed by atoms with E-state index in [0.717, 1.165) is 29.3 Å². The van der Waals surface area contributed by atoms with E-state index in [2.05, 4.69) is 10.6 Å². The van der Waals surface area contributed by atoms with E-state index in [1.54, 1.807) is 0 Å². The molecule has 0 aromatic carbocycles. The molecule has 2 saturated heterocycles. The minimum absolute atomic E-state index is 0.374. The summed E-state index contributed by atoms with van der Waals surface area (Å²) in [6.45, 7) is 0.470. The molecule has 0 saturated carbocycles. The first-order valence-electron chi connectivity index (χ1n) is 12.5. The molecule has 17 heteroatoms. The standard InChI is InChI=1S/C23H31N5O12/c1-37-15-14(32)21(28-7-5-12(30)27-23(28)36)39-16(15)17(18(24)33)40-22-13(31)10(29)8-11(38-22)20(35)26-9-4-2-3-6-25-19(9)34/h5,7-10,13-17,21-22,29,31-32H,2-4,6H2,1H3,(H2,24,33)(H,25,34)(H,26,35)(H,27,30,36)/t9?,10?,13?,14-,15+,16+,17?,21-,22?/m1/s1. The van der Waals surface area contributed by atoms with Gasteiger partial charge in [0.1, 0.15) is 36.6 Å². The van der Waals surface area contributed by atoms with Crippen molar-refractivity contribution >= 4 is 17.7 Å². The first-order chi connectivity index (χ1) is 19.0. The van der Waals surface area contributed by atoms with E-state index >= 15 is 0 Å². The van der Waals surface area contributed by atoms with E-state index in [9.17, 15) is 39.3 Å². The van der Waals surface area contributed by atoms with Gasteiger partial charge >= 0.3 is 5.69 Å². The third kappa shape index (κ3) is 6.08. The first kappa shape index (κ1) is 29.4. The van der Waals surface area contributed by atoms with Gasteiger partial charge in [0.2, 0.25) is 18.1 Å². The topological polar surface area (TPSA) is 254 Å². The zero-order valence-corrected chi connectivity index (χ0v) is 21.3. The summed E-state index contributed by atoms with van der Waals surface area (Å²) in [5, 5.41) is 36.8. The second-order valence-corrected chi connectivity index (χ2v) is 9.47. The Hall–Kier alpha value is -3.61. The third-order valence-electron chi connectivity index (χ3n) is 6.76. The molecule has 1 aromatic heterocycles. The normalized spacial score (nSPS) is 33.2. The first-order valence-corrected chi connectivity index (χ1v) is 12.5. The number of ether oxygens (including phenoxy) is 4. The Morgan fingerprint density at radius 1 is 1.20 bits per heavy atom. The summed E-state index contributed by atoms with van der Waals surface area (Å²) >= 11 is 0. The molecule has 0 radical (unpaired) electrons. The fourth-order valence-electron chi connectivity index (χ4n) is 4.69. The van der Waals surface area contributed by atoms with Crippen LogP contribution in [0.3, 0.4) is 0 Å². The number of nitrogens with two attached hydrogens (primary N) is 1. The highest BCUT2D eigenvalue weighted by Crippen LogP contribution is 2.34. The van der Waals surface area contributed by atoms with Crippen LogP contribution in [0, 0.1) is 0 Å². The largest absolute Gasteiger partial charge is 0.456 e. The lowest BCUT2D eigenvalue weighted by atomic mass is 10.0. The Balaban J connectivity index is 1.52. The van der Waals surface area contributed by atoms with E-state index in [-0.39, 0.29) is 5.91 Å².